The molecule has 0 unspecified atom stereocenters. The van der Waals surface area contributed by atoms with Crippen molar-refractivity contribution in [3.05, 3.63) is 41.0 Å². The average Bonchev–Trinajstić information content (AvgIpc) is 2.32. The Bertz CT molecular complexity index is 538. The summed E-state index contributed by atoms with van der Waals surface area (Å²) in [4.78, 5) is 0. The lowest BCUT2D eigenvalue weighted by atomic mass is 10.1. The number of rotatable bonds is 3. The van der Waals surface area contributed by atoms with Crippen LogP contribution in [0, 0.1) is 6.92 Å². The van der Waals surface area contributed by atoms with Gasteiger partial charge >= 0.3 is 0 Å². The molecule has 0 N–H and O–H groups in total. The van der Waals surface area contributed by atoms with Crippen molar-refractivity contribution in [3.8, 4) is 17.0 Å². The fourth-order valence-electron chi connectivity index (χ4n) is 1.60. The normalized spacial score (nSPS) is 10.7. The largest absolute Gasteiger partial charge is 0.490 e. The Morgan fingerprint density at radius 2 is 1.89 bits per heavy atom. The fraction of sp³-hybridized carbons (Fsp3) is 0.286. The molecule has 0 bridgehead atoms. The molecule has 0 radical (unpaired) electrons. The molecule has 1 aromatic heterocycles. The van der Waals surface area contributed by atoms with Gasteiger partial charge in [-0.25, -0.2) is 0 Å². The molecule has 0 saturated heterocycles. The van der Waals surface area contributed by atoms with Gasteiger partial charge in [-0.05, 0) is 51.1 Å². The van der Waals surface area contributed by atoms with Crippen LogP contribution in [0.5, 0.6) is 5.75 Å². The molecule has 0 spiro atoms. The van der Waals surface area contributed by atoms with Crippen LogP contribution in [0.2, 0.25) is 5.02 Å². The number of halogens is 1. The highest BCUT2D eigenvalue weighted by atomic mass is 35.5. The van der Waals surface area contributed by atoms with E-state index in [2.05, 4.69) is 10.2 Å². The zero-order chi connectivity index (χ0) is 13.1. The Morgan fingerprint density at radius 1 is 1.11 bits per heavy atom. The smallest absolute Gasteiger partial charge is 0.129 e. The quantitative estimate of drug-likeness (QED) is 0.842. The first-order chi connectivity index (χ1) is 8.56. The van der Waals surface area contributed by atoms with Crippen LogP contribution in [0.4, 0.5) is 0 Å². The Kier molecular flexibility index (Phi) is 3.82. The van der Waals surface area contributed by atoms with E-state index < -0.39 is 0 Å². The first kappa shape index (κ1) is 12.8. The van der Waals surface area contributed by atoms with Crippen molar-refractivity contribution in [2.24, 2.45) is 0 Å². The van der Waals surface area contributed by atoms with Gasteiger partial charge in [0.1, 0.15) is 5.75 Å². The third kappa shape index (κ3) is 2.99. The Balaban J connectivity index is 2.47. The summed E-state index contributed by atoms with van der Waals surface area (Å²) < 4.78 is 5.76. The van der Waals surface area contributed by atoms with Crippen molar-refractivity contribution in [3.63, 3.8) is 0 Å². The summed E-state index contributed by atoms with van der Waals surface area (Å²) in [7, 11) is 0. The summed E-state index contributed by atoms with van der Waals surface area (Å²) in [5, 5.41) is 8.88. The lowest BCUT2D eigenvalue weighted by Crippen LogP contribution is -2.06. The molecule has 0 aliphatic carbocycles. The second kappa shape index (κ2) is 5.36. The van der Waals surface area contributed by atoms with Crippen LogP contribution < -0.4 is 4.74 Å². The highest BCUT2D eigenvalue weighted by Gasteiger charge is 2.10. The van der Waals surface area contributed by atoms with E-state index in [4.69, 9.17) is 16.3 Å². The number of aromatic nitrogens is 2. The molecule has 0 aliphatic rings. The van der Waals surface area contributed by atoms with Crippen LogP contribution in [0.25, 0.3) is 11.3 Å². The van der Waals surface area contributed by atoms with Gasteiger partial charge in [0, 0.05) is 10.6 Å². The molecular weight excluding hydrogens is 248 g/mol. The number of hydrogen-bond donors (Lipinski definition) is 0. The van der Waals surface area contributed by atoms with Gasteiger partial charge < -0.3 is 4.74 Å². The van der Waals surface area contributed by atoms with Gasteiger partial charge in [-0.1, -0.05) is 11.6 Å². The maximum atomic E-state index is 6.03. The van der Waals surface area contributed by atoms with Crippen LogP contribution in [0.15, 0.2) is 30.3 Å². The SMILES string of the molecule is Cc1ccc(-c2cc(Cl)ccc2OC(C)C)nn1. The van der Waals surface area contributed by atoms with E-state index in [9.17, 15) is 0 Å². The maximum absolute atomic E-state index is 6.03. The zero-order valence-corrected chi connectivity index (χ0v) is 11.4. The molecule has 3 nitrogen and oxygen atoms in total. The Labute approximate surface area is 112 Å². The second-order valence-corrected chi connectivity index (χ2v) is 4.80. The molecule has 18 heavy (non-hydrogen) atoms. The Morgan fingerprint density at radius 3 is 2.50 bits per heavy atom. The van der Waals surface area contributed by atoms with Gasteiger partial charge in [0.25, 0.3) is 0 Å². The van der Waals surface area contributed by atoms with Gasteiger partial charge in [-0.15, -0.1) is 0 Å². The minimum Gasteiger partial charge on any atom is -0.490 e. The van der Waals surface area contributed by atoms with Crippen LogP contribution in [0.3, 0.4) is 0 Å². The number of hydrogen-bond acceptors (Lipinski definition) is 3. The number of nitrogens with zero attached hydrogens (tertiary/aromatic N) is 2. The van der Waals surface area contributed by atoms with E-state index >= 15 is 0 Å². The summed E-state index contributed by atoms with van der Waals surface area (Å²) in [6, 6.07) is 9.35. The molecule has 0 fully saturated rings. The number of ether oxygens (including phenoxy) is 1. The summed E-state index contributed by atoms with van der Waals surface area (Å²) in [6.07, 6.45) is 0.100. The van der Waals surface area contributed by atoms with E-state index in [1.54, 1.807) is 0 Å². The summed E-state index contributed by atoms with van der Waals surface area (Å²) in [6.45, 7) is 5.87. The molecule has 1 heterocycles. The third-order valence-corrected chi connectivity index (χ3v) is 2.61. The molecule has 2 aromatic rings. The van der Waals surface area contributed by atoms with E-state index in [0.717, 1.165) is 22.7 Å². The van der Waals surface area contributed by atoms with Crippen molar-refractivity contribution >= 4 is 11.6 Å². The highest BCUT2D eigenvalue weighted by molar-refractivity contribution is 6.30. The first-order valence-corrected chi connectivity index (χ1v) is 6.21. The van der Waals surface area contributed by atoms with Crippen LogP contribution in [0.1, 0.15) is 19.5 Å². The second-order valence-electron chi connectivity index (χ2n) is 4.37. The summed E-state index contributed by atoms with van der Waals surface area (Å²) >= 11 is 6.03. The van der Waals surface area contributed by atoms with Crippen molar-refractivity contribution in [2.75, 3.05) is 0 Å². The van der Waals surface area contributed by atoms with E-state index in [-0.39, 0.29) is 6.10 Å². The average molecular weight is 263 g/mol. The lowest BCUT2D eigenvalue weighted by Gasteiger charge is -2.14. The molecule has 4 heteroatoms. The molecule has 1 aromatic carbocycles. The predicted octanol–water partition coefficient (Wildman–Crippen LogP) is 3.89. The minimum absolute atomic E-state index is 0.100. The van der Waals surface area contributed by atoms with Gasteiger partial charge in [-0.2, -0.15) is 10.2 Å². The van der Waals surface area contributed by atoms with Crippen molar-refractivity contribution in [1.29, 1.82) is 0 Å². The fourth-order valence-corrected chi connectivity index (χ4v) is 1.77. The van der Waals surface area contributed by atoms with E-state index in [1.165, 1.54) is 0 Å². The third-order valence-electron chi connectivity index (χ3n) is 2.38. The zero-order valence-electron chi connectivity index (χ0n) is 10.6. The maximum Gasteiger partial charge on any atom is 0.129 e. The molecule has 0 aliphatic heterocycles. The lowest BCUT2D eigenvalue weighted by molar-refractivity contribution is 0.243. The van der Waals surface area contributed by atoms with Crippen LogP contribution in [-0.4, -0.2) is 16.3 Å². The number of aryl methyl sites for hydroxylation is 1. The van der Waals surface area contributed by atoms with Crippen LogP contribution >= 0.6 is 11.6 Å². The highest BCUT2D eigenvalue weighted by Crippen LogP contribution is 2.31. The Hall–Kier alpha value is -1.61. The van der Waals surface area contributed by atoms with Gasteiger partial charge in [0.05, 0.1) is 17.5 Å². The molecular formula is C14H15ClN2O. The number of benzene rings is 1. The molecule has 0 atom stereocenters. The van der Waals surface area contributed by atoms with E-state index in [1.807, 2.05) is 51.1 Å². The molecule has 0 amide bonds. The summed E-state index contributed by atoms with van der Waals surface area (Å²) in [5.41, 5.74) is 2.51. The van der Waals surface area contributed by atoms with Gasteiger partial charge in [-0.3, -0.25) is 0 Å². The topological polar surface area (TPSA) is 35.0 Å². The standard InChI is InChI=1S/C14H15ClN2O/c1-9(2)18-14-7-5-11(15)8-12(14)13-6-4-10(3)16-17-13/h4-9H,1-3H3. The van der Waals surface area contributed by atoms with Gasteiger partial charge in [0.2, 0.25) is 0 Å². The monoisotopic (exact) mass is 262 g/mol. The summed E-state index contributed by atoms with van der Waals surface area (Å²) in [5.74, 6) is 0.771. The first-order valence-electron chi connectivity index (χ1n) is 5.83. The molecule has 94 valence electrons. The van der Waals surface area contributed by atoms with Crippen molar-refractivity contribution in [2.45, 2.75) is 26.9 Å². The predicted molar refractivity (Wildman–Crippen MR) is 73.0 cm³/mol. The van der Waals surface area contributed by atoms with Crippen LogP contribution in [-0.2, 0) is 0 Å². The van der Waals surface area contributed by atoms with Crippen molar-refractivity contribution < 1.29 is 4.74 Å². The van der Waals surface area contributed by atoms with Crippen molar-refractivity contribution in [1.82, 2.24) is 10.2 Å². The molecule has 2 rings (SSSR count). The minimum atomic E-state index is 0.100. The molecule has 0 saturated carbocycles. The van der Waals surface area contributed by atoms with Gasteiger partial charge in [0.15, 0.2) is 0 Å². The van der Waals surface area contributed by atoms with E-state index in [0.29, 0.717) is 5.02 Å².